The van der Waals surface area contributed by atoms with E-state index in [4.69, 9.17) is 33.7 Å². The molecule has 0 atom stereocenters. The minimum absolute atomic E-state index is 0.156. The van der Waals surface area contributed by atoms with E-state index in [0.29, 0.717) is 41.1 Å². The molecular formula is C20H27Cl2N3O2. The molecule has 1 heterocycles. The topological polar surface area (TPSA) is 69.3 Å². The van der Waals surface area contributed by atoms with Gasteiger partial charge >= 0.3 is 0 Å². The minimum Gasteiger partial charge on any atom is -0.493 e. The zero-order chi connectivity index (χ0) is 19.6. The molecule has 0 aliphatic heterocycles. The van der Waals surface area contributed by atoms with E-state index in [2.05, 4.69) is 12.2 Å². The largest absolute Gasteiger partial charge is 0.493 e. The fourth-order valence-corrected chi connectivity index (χ4v) is 3.18. The van der Waals surface area contributed by atoms with Gasteiger partial charge in [0.05, 0.1) is 23.9 Å². The summed E-state index contributed by atoms with van der Waals surface area (Å²) >= 11 is 12.8. The highest BCUT2D eigenvalue weighted by molar-refractivity contribution is 6.37. The predicted octanol–water partition coefficient (Wildman–Crippen LogP) is 4.53. The molecule has 2 aromatic rings. The molecule has 0 saturated heterocycles. The molecule has 0 spiro atoms. The number of unbranched alkanes of at least 4 members (excludes halogenated alkanes) is 2. The number of nitrogens with zero attached hydrogens (tertiary/aromatic N) is 1. The molecule has 0 unspecified atom stereocenters. The van der Waals surface area contributed by atoms with E-state index in [1.165, 1.54) is 6.07 Å². The molecule has 148 valence electrons. The lowest BCUT2D eigenvalue weighted by molar-refractivity contribution is 0.305. The van der Waals surface area contributed by atoms with Crippen LogP contribution in [0.3, 0.4) is 0 Å². The third kappa shape index (κ3) is 6.45. The van der Waals surface area contributed by atoms with Gasteiger partial charge in [-0.1, -0.05) is 43.0 Å². The van der Waals surface area contributed by atoms with Gasteiger partial charge < -0.3 is 20.4 Å². The molecule has 1 aromatic heterocycles. The number of halogens is 2. The van der Waals surface area contributed by atoms with Crippen LogP contribution in [0.5, 0.6) is 5.75 Å². The van der Waals surface area contributed by atoms with Crippen molar-refractivity contribution in [1.29, 1.82) is 0 Å². The Morgan fingerprint density at radius 1 is 1.19 bits per heavy atom. The lowest BCUT2D eigenvalue weighted by Crippen LogP contribution is -2.20. The van der Waals surface area contributed by atoms with Gasteiger partial charge in [-0.15, -0.1) is 0 Å². The Labute approximate surface area is 170 Å². The number of rotatable bonds is 11. The second-order valence-electron chi connectivity index (χ2n) is 6.34. The standard InChI is InChI=1S/C20H27Cl2N3O2/c1-2-3-4-12-27-15-8-11-25(19(26)13-15)14-16-17(21)6-7-18(20(16)22)24-10-5-9-23/h6-8,11,13,24H,2-5,9-10,12,14,23H2,1H3. The summed E-state index contributed by atoms with van der Waals surface area (Å²) in [5, 5.41) is 4.29. The van der Waals surface area contributed by atoms with E-state index in [0.717, 1.165) is 37.9 Å². The van der Waals surface area contributed by atoms with Crippen LogP contribution in [0.25, 0.3) is 0 Å². The van der Waals surface area contributed by atoms with E-state index in [1.807, 2.05) is 6.07 Å². The fraction of sp³-hybridized carbons (Fsp3) is 0.450. The first-order chi connectivity index (χ1) is 13.1. The van der Waals surface area contributed by atoms with Gasteiger partial charge in [0.2, 0.25) is 0 Å². The SMILES string of the molecule is CCCCCOc1ccn(Cc2c(Cl)ccc(NCCCN)c2Cl)c(=O)c1. The number of nitrogens with one attached hydrogen (secondary N) is 1. The molecule has 0 radical (unpaired) electrons. The molecule has 0 bridgehead atoms. The number of anilines is 1. The summed E-state index contributed by atoms with van der Waals surface area (Å²) in [7, 11) is 0. The first kappa shape index (κ1) is 21.6. The molecule has 0 amide bonds. The number of benzene rings is 1. The van der Waals surface area contributed by atoms with Crippen molar-refractivity contribution < 1.29 is 4.74 Å². The van der Waals surface area contributed by atoms with Gasteiger partial charge in [0.1, 0.15) is 5.75 Å². The van der Waals surface area contributed by atoms with Crippen molar-refractivity contribution in [3.8, 4) is 5.75 Å². The van der Waals surface area contributed by atoms with Gasteiger partial charge in [0.25, 0.3) is 5.56 Å². The first-order valence-electron chi connectivity index (χ1n) is 9.31. The Kier molecular flexibility index (Phi) is 8.98. The number of nitrogens with two attached hydrogens (primary N) is 1. The summed E-state index contributed by atoms with van der Waals surface area (Å²) in [6.07, 6.45) is 5.78. The Morgan fingerprint density at radius 3 is 2.70 bits per heavy atom. The maximum Gasteiger partial charge on any atom is 0.254 e. The third-order valence-corrected chi connectivity index (χ3v) is 4.98. The maximum atomic E-state index is 12.4. The molecule has 0 aliphatic rings. The molecular weight excluding hydrogens is 385 g/mol. The van der Waals surface area contributed by atoms with Gasteiger partial charge in [-0.3, -0.25) is 4.79 Å². The van der Waals surface area contributed by atoms with E-state index in [1.54, 1.807) is 22.9 Å². The van der Waals surface area contributed by atoms with Crippen LogP contribution in [0.2, 0.25) is 10.0 Å². The lowest BCUT2D eigenvalue weighted by atomic mass is 10.2. The van der Waals surface area contributed by atoms with Gasteiger partial charge in [-0.05, 0) is 37.6 Å². The summed E-state index contributed by atoms with van der Waals surface area (Å²) in [6, 6.07) is 6.90. The van der Waals surface area contributed by atoms with Crippen LogP contribution in [-0.4, -0.2) is 24.3 Å². The number of hydrogen-bond acceptors (Lipinski definition) is 4. The molecule has 5 nitrogen and oxygen atoms in total. The Hall–Kier alpha value is -1.69. The average Bonchev–Trinajstić information content (AvgIpc) is 2.65. The smallest absolute Gasteiger partial charge is 0.254 e. The molecule has 0 fully saturated rings. The first-order valence-corrected chi connectivity index (χ1v) is 10.1. The van der Waals surface area contributed by atoms with Gasteiger partial charge in [0.15, 0.2) is 0 Å². The molecule has 1 aromatic carbocycles. The minimum atomic E-state index is -0.156. The van der Waals surface area contributed by atoms with Crippen molar-refractivity contribution in [2.75, 3.05) is 25.0 Å². The second-order valence-corrected chi connectivity index (χ2v) is 7.13. The van der Waals surface area contributed by atoms with Crippen LogP contribution >= 0.6 is 23.2 Å². The molecule has 3 N–H and O–H groups in total. The monoisotopic (exact) mass is 411 g/mol. The Bertz CT molecular complexity index is 793. The molecule has 27 heavy (non-hydrogen) atoms. The highest BCUT2D eigenvalue weighted by Crippen LogP contribution is 2.32. The van der Waals surface area contributed by atoms with Crippen LogP contribution < -0.4 is 21.3 Å². The quantitative estimate of drug-likeness (QED) is 0.532. The number of hydrogen-bond donors (Lipinski definition) is 2. The van der Waals surface area contributed by atoms with Crippen molar-refractivity contribution in [3.63, 3.8) is 0 Å². The van der Waals surface area contributed by atoms with Crippen molar-refractivity contribution in [3.05, 3.63) is 56.4 Å². The van der Waals surface area contributed by atoms with Gasteiger partial charge in [0, 0.05) is 29.4 Å². The third-order valence-electron chi connectivity index (χ3n) is 4.20. The molecule has 0 aliphatic carbocycles. The van der Waals surface area contributed by atoms with Crippen LogP contribution in [0.4, 0.5) is 5.69 Å². The predicted molar refractivity (Wildman–Crippen MR) is 113 cm³/mol. The Morgan fingerprint density at radius 2 is 2.00 bits per heavy atom. The molecule has 0 saturated carbocycles. The van der Waals surface area contributed by atoms with E-state index < -0.39 is 0 Å². The highest BCUT2D eigenvalue weighted by atomic mass is 35.5. The van der Waals surface area contributed by atoms with Crippen LogP contribution in [-0.2, 0) is 6.54 Å². The second kappa shape index (κ2) is 11.2. The van der Waals surface area contributed by atoms with Gasteiger partial charge in [-0.25, -0.2) is 0 Å². The summed E-state index contributed by atoms with van der Waals surface area (Å²) in [4.78, 5) is 12.4. The van der Waals surface area contributed by atoms with E-state index >= 15 is 0 Å². The van der Waals surface area contributed by atoms with Crippen LogP contribution in [0, 0.1) is 0 Å². The zero-order valence-corrected chi connectivity index (χ0v) is 17.2. The average molecular weight is 412 g/mol. The highest BCUT2D eigenvalue weighted by Gasteiger charge is 2.12. The maximum absolute atomic E-state index is 12.4. The van der Waals surface area contributed by atoms with Crippen molar-refractivity contribution in [2.45, 2.75) is 39.2 Å². The lowest BCUT2D eigenvalue weighted by Gasteiger charge is -2.15. The van der Waals surface area contributed by atoms with Crippen molar-refractivity contribution in [2.24, 2.45) is 5.73 Å². The zero-order valence-electron chi connectivity index (χ0n) is 15.6. The molecule has 2 rings (SSSR count). The van der Waals surface area contributed by atoms with E-state index in [-0.39, 0.29) is 5.56 Å². The van der Waals surface area contributed by atoms with Crippen LogP contribution in [0.15, 0.2) is 35.3 Å². The number of pyridine rings is 1. The summed E-state index contributed by atoms with van der Waals surface area (Å²) < 4.78 is 7.20. The van der Waals surface area contributed by atoms with Crippen LogP contribution in [0.1, 0.15) is 38.2 Å². The summed E-state index contributed by atoms with van der Waals surface area (Å²) in [5.41, 5.74) is 6.85. The normalized spacial score (nSPS) is 10.8. The molecule has 7 heteroatoms. The van der Waals surface area contributed by atoms with Gasteiger partial charge in [-0.2, -0.15) is 0 Å². The van der Waals surface area contributed by atoms with Crippen molar-refractivity contribution >= 4 is 28.9 Å². The number of ether oxygens (including phenoxy) is 1. The Balaban J connectivity index is 2.12. The summed E-state index contributed by atoms with van der Waals surface area (Å²) in [5.74, 6) is 0.585. The summed E-state index contributed by atoms with van der Waals surface area (Å²) in [6.45, 7) is 4.37. The van der Waals surface area contributed by atoms with Crippen molar-refractivity contribution in [1.82, 2.24) is 4.57 Å². The fourth-order valence-electron chi connectivity index (χ4n) is 2.63. The van der Waals surface area contributed by atoms with E-state index in [9.17, 15) is 4.79 Å². The number of aromatic nitrogens is 1.